The molecule has 182 valence electrons. The van der Waals surface area contributed by atoms with E-state index in [1.165, 1.54) is 63.6 Å². The lowest BCUT2D eigenvalue weighted by Gasteiger charge is -2.22. The van der Waals surface area contributed by atoms with Crippen molar-refractivity contribution in [2.45, 2.75) is 109 Å². The van der Waals surface area contributed by atoms with Gasteiger partial charge in [-0.1, -0.05) is 71.1 Å². The van der Waals surface area contributed by atoms with Crippen molar-refractivity contribution in [1.29, 1.82) is 0 Å². The van der Waals surface area contributed by atoms with Crippen LogP contribution in [0.1, 0.15) is 90.2 Å². The molecule has 1 aromatic rings. The quantitative estimate of drug-likeness (QED) is 0.272. The minimum Gasteiger partial charge on any atom is -0.455 e. The van der Waals surface area contributed by atoms with E-state index in [4.69, 9.17) is 15.2 Å². The second-order valence-corrected chi connectivity index (χ2v) is 8.52. The summed E-state index contributed by atoms with van der Waals surface area (Å²) in [4.78, 5) is 28.1. The van der Waals surface area contributed by atoms with Crippen LogP contribution in [0.5, 0.6) is 0 Å². The van der Waals surface area contributed by atoms with E-state index < -0.39 is 42.8 Å². The number of nitrogens with two attached hydrogens (primary N) is 1. The number of carbonyl (C=O) groups is 1. The number of nitrogens with zero attached hydrogens (tertiary/aromatic N) is 2. The predicted molar refractivity (Wildman–Crippen MR) is 121 cm³/mol. The van der Waals surface area contributed by atoms with Crippen molar-refractivity contribution in [3.63, 3.8) is 0 Å². The predicted octanol–water partition coefficient (Wildman–Crippen LogP) is 2.69. The van der Waals surface area contributed by atoms with E-state index in [-0.39, 0.29) is 12.2 Å². The third kappa shape index (κ3) is 8.18. The standard InChI is InChI=1S/C23H39N3O6/c1-2-3-4-5-6-7-8-9-10-11-12-13-19(28)32-21-20(29)17(16-27)31-22(21)26-15-14-18(24)25-23(26)30/h14-15,17,20-22,27,29H,2-13,16H2,1H3,(H2,24,25,30)/t17-,20-,21+,22-/m1/s1. The fourth-order valence-corrected chi connectivity index (χ4v) is 3.98. The minimum absolute atomic E-state index is 0.0496. The fourth-order valence-electron chi connectivity index (χ4n) is 3.98. The molecule has 2 rings (SSSR count). The van der Waals surface area contributed by atoms with Gasteiger partial charge in [0.1, 0.15) is 18.0 Å². The Labute approximate surface area is 189 Å². The maximum atomic E-state index is 12.3. The Bertz CT molecular complexity index is 741. The molecule has 1 saturated heterocycles. The van der Waals surface area contributed by atoms with Crippen molar-refractivity contribution in [1.82, 2.24) is 9.55 Å². The first-order chi connectivity index (χ1) is 15.5. The second kappa shape index (κ2) is 14.2. The van der Waals surface area contributed by atoms with Gasteiger partial charge in [0, 0.05) is 12.6 Å². The van der Waals surface area contributed by atoms with Gasteiger partial charge in [-0.2, -0.15) is 4.98 Å². The number of anilines is 1. The Balaban J connectivity index is 1.72. The molecule has 0 bridgehead atoms. The Morgan fingerprint density at radius 3 is 2.28 bits per heavy atom. The molecule has 1 fully saturated rings. The van der Waals surface area contributed by atoms with Crippen molar-refractivity contribution >= 4 is 11.8 Å². The molecule has 1 aliphatic rings. The lowest BCUT2D eigenvalue weighted by Crippen LogP contribution is -2.39. The molecular formula is C23H39N3O6. The van der Waals surface area contributed by atoms with Crippen molar-refractivity contribution in [3.8, 4) is 0 Å². The highest BCUT2D eigenvalue weighted by molar-refractivity contribution is 5.69. The molecule has 0 unspecified atom stereocenters. The first-order valence-corrected chi connectivity index (χ1v) is 12.0. The number of hydrogen-bond donors (Lipinski definition) is 3. The van der Waals surface area contributed by atoms with Gasteiger partial charge in [0.25, 0.3) is 0 Å². The number of rotatable bonds is 15. The number of carbonyl (C=O) groups excluding carboxylic acids is 1. The summed E-state index contributed by atoms with van der Waals surface area (Å²) in [5.41, 5.74) is 4.83. The highest BCUT2D eigenvalue weighted by atomic mass is 16.6. The van der Waals surface area contributed by atoms with E-state index in [2.05, 4.69) is 11.9 Å². The first-order valence-electron chi connectivity index (χ1n) is 12.0. The first kappa shape index (κ1) is 26.3. The zero-order valence-corrected chi connectivity index (χ0v) is 19.2. The lowest BCUT2D eigenvalue weighted by atomic mass is 10.1. The van der Waals surface area contributed by atoms with Gasteiger partial charge < -0.3 is 25.4 Å². The molecular weight excluding hydrogens is 414 g/mol. The molecule has 4 N–H and O–H groups in total. The molecule has 0 amide bonds. The van der Waals surface area contributed by atoms with E-state index in [0.717, 1.165) is 17.4 Å². The fraction of sp³-hybridized carbons (Fsp3) is 0.783. The third-order valence-corrected chi connectivity index (χ3v) is 5.87. The summed E-state index contributed by atoms with van der Waals surface area (Å²) in [5, 5.41) is 19.8. The van der Waals surface area contributed by atoms with E-state index in [9.17, 15) is 19.8 Å². The van der Waals surface area contributed by atoms with Crippen LogP contribution in [0.25, 0.3) is 0 Å². The summed E-state index contributed by atoms with van der Waals surface area (Å²) < 4.78 is 12.1. The minimum atomic E-state index is -1.25. The van der Waals surface area contributed by atoms with Crippen LogP contribution in [0.2, 0.25) is 0 Å². The number of hydrogen-bond acceptors (Lipinski definition) is 8. The number of aliphatic hydroxyl groups is 2. The number of nitrogen functional groups attached to an aromatic ring is 1. The zero-order valence-electron chi connectivity index (χ0n) is 19.2. The third-order valence-electron chi connectivity index (χ3n) is 5.87. The Hall–Kier alpha value is -1.97. The molecule has 0 aliphatic carbocycles. The van der Waals surface area contributed by atoms with Crippen LogP contribution < -0.4 is 11.4 Å². The molecule has 0 saturated carbocycles. The summed E-state index contributed by atoms with van der Waals surface area (Å²) in [7, 11) is 0. The number of unbranched alkanes of at least 4 members (excludes halogenated alkanes) is 10. The molecule has 1 aliphatic heterocycles. The van der Waals surface area contributed by atoms with Crippen LogP contribution in [-0.2, 0) is 14.3 Å². The SMILES string of the molecule is CCCCCCCCCCCCCC(=O)O[C@H]1[C@H](O)[C@@H](CO)O[C@H]1n1ccc(N)nc1=O. The van der Waals surface area contributed by atoms with Crippen LogP contribution >= 0.6 is 0 Å². The van der Waals surface area contributed by atoms with Gasteiger partial charge in [0.15, 0.2) is 12.3 Å². The number of aromatic nitrogens is 2. The van der Waals surface area contributed by atoms with E-state index >= 15 is 0 Å². The molecule has 1 aromatic heterocycles. The van der Waals surface area contributed by atoms with Crippen LogP contribution in [0.3, 0.4) is 0 Å². The molecule has 0 radical (unpaired) electrons. The van der Waals surface area contributed by atoms with Crippen LogP contribution in [-0.4, -0.2) is 50.7 Å². The highest BCUT2D eigenvalue weighted by Crippen LogP contribution is 2.31. The highest BCUT2D eigenvalue weighted by Gasteiger charge is 2.47. The Kier molecular flexibility index (Phi) is 11.7. The largest absolute Gasteiger partial charge is 0.455 e. The smallest absolute Gasteiger partial charge is 0.351 e. The van der Waals surface area contributed by atoms with Gasteiger partial charge in [0.2, 0.25) is 0 Å². The van der Waals surface area contributed by atoms with Crippen molar-refractivity contribution in [2.24, 2.45) is 0 Å². The molecule has 0 spiro atoms. The van der Waals surface area contributed by atoms with Crippen molar-refractivity contribution in [3.05, 3.63) is 22.7 Å². The van der Waals surface area contributed by atoms with Gasteiger partial charge >= 0.3 is 11.7 Å². The molecule has 2 heterocycles. The number of ether oxygens (including phenoxy) is 2. The molecule has 32 heavy (non-hydrogen) atoms. The topological polar surface area (TPSA) is 137 Å². The van der Waals surface area contributed by atoms with Gasteiger partial charge in [0.05, 0.1) is 6.61 Å². The lowest BCUT2D eigenvalue weighted by molar-refractivity contribution is -0.159. The maximum absolute atomic E-state index is 12.3. The molecule has 0 aromatic carbocycles. The zero-order chi connectivity index (χ0) is 23.3. The van der Waals surface area contributed by atoms with Crippen molar-refractivity contribution < 1.29 is 24.5 Å². The normalized spacial score (nSPS) is 22.8. The number of aliphatic hydroxyl groups excluding tert-OH is 2. The molecule has 9 heteroatoms. The van der Waals surface area contributed by atoms with Crippen LogP contribution in [0, 0.1) is 0 Å². The average Bonchev–Trinajstić information content (AvgIpc) is 3.07. The average molecular weight is 454 g/mol. The van der Waals surface area contributed by atoms with Gasteiger partial charge in [-0.3, -0.25) is 9.36 Å². The van der Waals surface area contributed by atoms with E-state index in [1.54, 1.807) is 0 Å². The summed E-state index contributed by atoms with van der Waals surface area (Å²) in [5.74, 6) is -0.415. The summed E-state index contributed by atoms with van der Waals surface area (Å²) >= 11 is 0. The van der Waals surface area contributed by atoms with Gasteiger partial charge in [-0.25, -0.2) is 4.79 Å². The van der Waals surface area contributed by atoms with Crippen LogP contribution in [0.4, 0.5) is 5.82 Å². The van der Waals surface area contributed by atoms with E-state index in [1.807, 2.05) is 0 Å². The Morgan fingerprint density at radius 1 is 1.12 bits per heavy atom. The monoisotopic (exact) mass is 453 g/mol. The van der Waals surface area contributed by atoms with Gasteiger partial charge in [-0.05, 0) is 12.5 Å². The summed E-state index contributed by atoms with van der Waals surface area (Å²) in [6.07, 6.45) is 10.2. The second-order valence-electron chi connectivity index (χ2n) is 8.52. The summed E-state index contributed by atoms with van der Waals surface area (Å²) in [6.45, 7) is 1.75. The van der Waals surface area contributed by atoms with Gasteiger partial charge in [-0.15, -0.1) is 0 Å². The van der Waals surface area contributed by atoms with Crippen molar-refractivity contribution in [2.75, 3.05) is 12.3 Å². The number of esters is 1. The van der Waals surface area contributed by atoms with Crippen LogP contribution in [0.15, 0.2) is 17.1 Å². The molecule has 4 atom stereocenters. The van der Waals surface area contributed by atoms with E-state index in [0.29, 0.717) is 6.42 Å². The maximum Gasteiger partial charge on any atom is 0.351 e. The summed E-state index contributed by atoms with van der Waals surface area (Å²) in [6, 6.07) is 1.41. The molecule has 9 nitrogen and oxygen atoms in total. The Morgan fingerprint density at radius 2 is 1.72 bits per heavy atom.